The maximum absolute atomic E-state index is 13.8. The van der Waals surface area contributed by atoms with Crippen molar-refractivity contribution in [2.24, 2.45) is 0 Å². The molecular weight excluding hydrogens is 554 g/mol. The molecule has 9 heteroatoms. The number of nitrogens with one attached hydrogen (secondary N) is 1. The van der Waals surface area contributed by atoms with E-state index in [0.29, 0.717) is 15.9 Å². The first-order valence-electron chi connectivity index (χ1n) is 10.9. The van der Waals surface area contributed by atoms with Crippen LogP contribution in [0.4, 0.5) is 5.69 Å². The highest BCUT2D eigenvalue weighted by Crippen LogP contribution is 2.35. The van der Waals surface area contributed by atoms with Crippen molar-refractivity contribution in [3.8, 4) is 5.69 Å². The normalized spacial score (nSPS) is 13.1. The number of hydrogen-bond donors (Lipinski definition) is 1. The molecule has 0 spiro atoms. The van der Waals surface area contributed by atoms with Gasteiger partial charge in [-0.3, -0.25) is 14.2 Å². The molecule has 1 amide bonds. The second-order valence-corrected chi connectivity index (χ2v) is 11.6. The Morgan fingerprint density at radius 1 is 1.21 bits per heavy atom. The lowest BCUT2D eigenvalue weighted by Gasteiger charge is -2.14. The molecule has 0 atom stereocenters. The third kappa shape index (κ3) is 4.69. The molecule has 0 saturated heterocycles. The number of amides is 1. The predicted octanol–water partition coefficient (Wildman–Crippen LogP) is 6.78. The number of rotatable bonds is 5. The maximum Gasteiger partial charge on any atom is 0.267 e. The lowest BCUT2D eigenvalue weighted by Crippen LogP contribution is -2.23. The molecule has 2 aromatic heterocycles. The average Bonchev–Trinajstić information content (AvgIpc) is 3.20. The van der Waals surface area contributed by atoms with Crippen LogP contribution >= 0.6 is 50.6 Å². The minimum absolute atomic E-state index is 0.0695. The zero-order chi connectivity index (χ0) is 23.8. The van der Waals surface area contributed by atoms with Crippen LogP contribution in [0.25, 0.3) is 15.9 Å². The molecule has 1 N–H and O–H groups in total. The van der Waals surface area contributed by atoms with Crippen molar-refractivity contribution in [3.63, 3.8) is 0 Å². The number of halogens is 2. The van der Waals surface area contributed by atoms with Gasteiger partial charge in [-0.15, -0.1) is 11.3 Å². The van der Waals surface area contributed by atoms with Crippen LogP contribution in [-0.2, 0) is 17.6 Å². The van der Waals surface area contributed by atoms with Crippen LogP contribution in [0.15, 0.2) is 56.9 Å². The summed E-state index contributed by atoms with van der Waals surface area (Å²) in [5.74, 6) is -0.0717. The molecule has 2 heterocycles. The molecule has 0 bridgehead atoms. The van der Waals surface area contributed by atoms with Gasteiger partial charge in [-0.1, -0.05) is 45.4 Å². The van der Waals surface area contributed by atoms with E-state index < -0.39 is 0 Å². The van der Waals surface area contributed by atoms with Crippen LogP contribution in [0.1, 0.15) is 28.8 Å². The first-order chi connectivity index (χ1) is 16.4. The Kier molecular flexibility index (Phi) is 6.84. The van der Waals surface area contributed by atoms with E-state index in [1.165, 1.54) is 16.6 Å². The summed E-state index contributed by atoms with van der Waals surface area (Å²) in [7, 11) is 0. The second kappa shape index (κ2) is 9.85. The van der Waals surface area contributed by atoms with E-state index in [1.807, 2.05) is 43.3 Å². The van der Waals surface area contributed by atoms with Gasteiger partial charge in [0.15, 0.2) is 5.16 Å². The highest BCUT2D eigenvalue weighted by atomic mass is 79.9. The summed E-state index contributed by atoms with van der Waals surface area (Å²) < 4.78 is 2.56. The number of thioether (sulfide) groups is 1. The number of aryl methyl sites for hydroxylation is 3. The lowest BCUT2D eigenvalue weighted by molar-refractivity contribution is -0.113. The molecule has 4 aromatic rings. The Morgan fingerprint density at radius 3 is 2.74 bits per heavy atom. The summed E-state index contributed by atoms with van der Waals surface area (Å²) in [5, 5.41) is 4.71. The Hall–Kier alpha value is -2.13. The van der Waals surface area contributed by atoms with E-state index in [2.05, 4.69) is 21.2 Å². The van der Waals surface area contributed by atoms with Gasteiger partial charge >= 0.3 is 0 Å². The zero-order valence-corrected chi connectivity index (χ0v) is 22.3. The predicted molar refractivity (Wildman–Crippen MR) is 145 cm³/mol. The topological polar surface area (TPSA) is 64.0 Å². The Morgan fingerprint density at radius 2 is 1.97 bits per heavy atom. The summed E-state index contributed by atoms with van der Waals surface area (Å²) >= 11 is 12.5. The number of anilines is 1. The van der Waals surface area contributed by atoms with E-state index in [4.69, 9.17) is 16.6 Å². The number of thiophene rings is 1. The SMILES string of the molecule is Cc1ccc(NC(=O)CSc2nc3sc4c(c3c(=O)n2-c2ccc(Br)cc2)CCCC4)cc1Cl. The molecular formula is C25H21BrClN3O2S2. The Bertz CT molecular complexity index is 1460. The number of fused-ring (bicyclic) bond motifs is 3. The molecule has 0 radical (unpaired) electrons. The number of carbonyl (C=O) groups is 1. The van der Waals surface area contributed by atoms with Crippen molar-refractivity contribution in [2.45, 2.75) is 37.8 Å². The van der Waals surface area contributed by atoms with Gasteiger partial charge < -0.3 is 5.32 Å². The van der Waals surface area contributed by atoms with Crippen molar-refractivity contribution in [1.29, 1.82) is 0 Å². The summed E-state index contributed by atoms with van der Waals surface area (Å²) in [4.78, 5) is 33.4. The van der Waals surface area contributed by atoms with Crippen LogP contribution in [0.3, 0.4) is 0 Å². The highest BCUT2D eigenvalue weighted by molar-refractivity contribution is 9.10. The van der Waals surface area contributed by atoms with Gasteiger partial charge in [-0.2, -0.15) is 0 Å². The van der Waals surface area contributed by atoms with E-state index in [1.54, 1.807) is 22.0 Å². The largest absolute Gasteiger partial charge is 0.325 e. The van der Waals surface area contributed by atoms with Crippen LogP contribution < -0.4 is 10.9 Å². The number of aromatic nitrogens is 2. The smallest absolute Gasteiger partial charge is 0.267 e. The van der Waals surface area contributed by atoms with Crippen molar-refractivity contribution in [2.75, 3.05) is 11.1 Å². The van der Waals surface area contributed by atoms with Gasteiger partial charge in [0.25, 0.3) is 5.56 Å². The fourth-order valence-corrected chi connectivity index (χ4v) is 6.66. The third-order valence-electron chi connectivity index (χ3n) is 5.83. The van der Waals surface area contributed by atoms with Crippen LogP contribution in [0, 0.1) is 6.92 Å². The maximum atomic E-state index is 13.8. The molecule has 0 fully saturated rings. The summed E-state index contributed by atoms with van der Waals surface area (Å²) in [6.07, 6.45) is 4.15. The van der Waals surface area contributed by atoms with Crippen LogP contribution in [0.2, 0.25) is 5.02 Å². The number of hydrogen-bond acceptors (Lipinski definition) is 5. The molecule has 1 aliphatic carbocycles. The van der Waals surface area contributed by atoms with Gasteiger partial charge in [0, 0.05) is 20.1 Å². The molecule has 5 nitrogen and oxygen atoms in total. The second-order valence-electron chi connectivity index (χ2n) is 8.20. The first kappa shape index (κ1) is 23.6. The molecule has 0 unspecified atom stereocenters. The van der Waals surface area contributed by atoms with Crippen molar-refractivity contribution < 1.29 is 4.79 Å². The molecule has 174 valence electrons. The molecule has 0 aliphatic heterocycles. The van der Waals surface area contributed by atoms with Gasteiger partial charge in [0.2, 0.25) is 5.91 Å². The minimum atomic E-state index is -0.188. The highest BCUT2D eigenvalue weighted by Gasteiger charge is 2.23. The lowest BCUT2D eigenvalue weighted by atomic mass is 9.97. The molecule has 1 aliphatic rings. The van der Waals surface area contributed by atoms with E-state index in [9.17, 15) is 9.59 Å². The van der Waals surface area contributed by atoms with Crippen molar-refractivity contribution in [1.82, 2.24) is 9.55 Å². The monoisotopic (exact) mass is 573 g/mol. The summed E-state index contributed by atoms with van der Waals surface area (Å²) in [6.45, 7) is 1.91. The van der Waals surface area contributed by atoms with Gasteiger partial charge in [0.05, 0.1) is 16.8 Å². The number of carbonyl (C=O) groups excluding carboxylic acids is 1. The van der Waals surface area contributed by atoms with Crippen molar-refractivity contribution in [3.05, 3.63) is 78.3 Å². The van der Waals surface area contributed by atoms with Gasteiger partial charge in [-0.05, 0) is 80.1 Å². The molecule has 2 aromatic carbocycles. The standard InChI is InChI=1S/C25H21BrClN3O2S2/c1-14-6-9-16(12-19(14)27)28-21(31)13-33-25-29-23-22(18-4-2-3-5-20(18)34-23)24(32)30(25)17-10-7-15(26)8-11-17/h6-12H,2-5,13H2,1H3,(H,28,31). The Labute approximate surface area is 218 Å². The van der Waals surface area contributed by atoms with E-state index >= 15 is 0 Å². The fourth-order valence-electron chi connectivity index (χ4n) is 4.10. The minimum Gasteiger partial charge on any atom is -0.325 e. The quantitative estimate of drug-likeness (QED) is 0.211. The average molecular weight is 575 g/mol. The first-order valence-corrected chi connectivity index (χ1v) is 13.9. The summed E-state index contributed by atoms with van der Waals surface area (Å²) in [5.41, 5.74) is 3.40. The summed E-state index contributed by atoms with van der Waals surface area (Å²) in [6, 6.07) is 13.0. The van der Waals surface area contributed by atoms with Crippen molar-refractivity contribution >= 4 is 72.4 Å². The third-order valence-corrected chi connectivity index (χ3v) is 8.89. The number of nitrogens with zero attached hydrogens (tertiary/aromatic N) is 2. The molecule has 0 saturated carbocycles. The number of benzene rings is 2. The van der Waals surface area contributed by atoms with Crippen LogP contribution in [0.5, 0.6) is 0 Å². The zero-order valence-electron chi connectivity index (χ0n) is 18.4. The van der Waals surface area contributed by atoms with Crippen LogP contribution in [-0.4, -0.2) is 21.2 Å². The Balaban J connectivity index is 1.50. The van der Waals surface area contributed by atoms with Gasteiger partial charge in [0.1, 0.15) is 4.83 Å². The van der Waals surface area contributed by atoms with Gasteiger partial charge in [-0.25, -0.2) is 4.98 Å². The van der Waals surface area contributed by atoms with E-state index in [-0.39, 0.29) is 17.2 Å². The molecule has 34 heavy (non-hydrogen) atoms. The van der Waals surface area contributed by atoms with E-state index in [0.717, 1.165) is 57.2 Å². The molecule has 5 rings (SSSR count). The fraction of sp³-hybridized carbons (Fsp3) is 0.240.